The molecule has 0 saturated carbocycles. The van der Waals surface area contributed by atoms with Crippen LogP contribution in [0.2, 0.25) is 0 Å². The van der Waals surface area contributed by atoms with Crippen LogP contribution in [0.1, 0.15) is 32.0 Å². The Kier molecular flexibility index (Phi) is 4.51. The molecule has 1 aliphatic rings. The molecule has 17 heavy (non-hydrogen) atoms. The number of likely N-dealkylation sites (tertiary alicyclic amines) is 1. The molecule has 2 unspecified atom stereocenters. The van der Waals surface area contributed by atoms with E-state index in [9.17, 15) is 0 Å². The molecule has 0 bridgehead atoms. The summed E-state index contributed by atoms with van der Waals surface area (Å²) in [6.45, 7) is 9.06. The maximum atomic E-state index is 4.45. The van der Waals surface area contributed by atoms with Gasteiger partial charge in [0.2, 0.25) is 0 Å². The highest BCUT2D eigenvalue weighted by molar-refractivity contribution is 5.08. The lowest BCUT2D eigenvalue weighted by atomic mass is 10.1. The Morgan fingerprint density at radius 1 is 1.53 bits per heavy atom. The molecule has 0 aromatic carbocycles. The lowest BCUT2D eigenvalue weighted by Crippen LogP contribution is -2.28. The Labute approximate surface area is 104 Å². The first-order valence-electron chi connectivity index (χ1n) is 6.67. The van der Waals surface area contributed by atoms with Crippen molar-refractivity contribution in [2.75, 3.05) is 26.2 Å². The minimum Gasteiger partial charge on any atom is -0.317 e. The highest BCUT2D eigenvalue weighted by atomic mass is 15.2. The van der Waals surface area contributed by atoms with Gasteiger partial charge in [0.05, 0.1) is 5.69 Å². The summed E-state index contributed by atoms with van der Waals surface area (Å²) < 4.78 is 0. The number of hydrogen-bond donors (Lipinski definition) is 1. The molecular weight excluding hydrogens is 210 g/mol. The van der Waals surface area contributed by atoms with Crippen molar-refractivity contribution in [3.8, 4) is 0 Å². The van der Waals surface area contributed by atoms with Crippen molar-refractivity contribution in [1.82, 2.24) is 15.2 Å². The zero-order chi connectivity index (χ0) is 12.1. The number of nitrogens with zero attached hydrogens (tertiary/aromatic N) is 2. The van der Waals surface area contributed by atoms with E-state index in [-0.39, 0.29) is 0 Å². The SMILES string of the molecule is CCNCC1CCN(C(C)c2ccccn2)C1. The second kappa shape index (κ2) is 6.12. The van der Waals surface area contributed by atoms with Crippen LogP contribution in [-0.2, 0) is 0 Å². The largest absolute Gasteiger partial charge is 0.317 e. The summed E-state index contributed by atoms with van der Waals surface area (Å²) in [5.41, 5.74) is 1.19. The Hall–Kier alpha value is -0.930. The van der Waals surface area contributed by atoms with E-state index in [0.717, 1.165) is 19.0 Å². The normalized spacial score (nSPS) is 22.8. The van der Waals surface area contributed by atoms with Crippen LogP contribution in [0.5, 0.6) is 0 Å². The molecule has 3 nitrogen and oxygen atoms in total. The Morgan fingerprint density at radius 3 is 3.12 bits per heavy atom. The Balaban J connectivity index is 1.88. The van der Waals surface area contributed by atoms with E-state index in [1.54, 1.807) is 0 Å². The van der Waals surface area contributed by atoms with E-state index in [1.165, 1.54) is 25.2 Å². The third-order valence-corrected chi connectivity index (χ3v) is 3.66. The van der Waals surface area contributed by atoms with Crippen LogP contribution in [0.4, 0.5) is 0 Å². The van der Waals surface area contributed by atoms with Gasteiger partial charge in [0.15, 0.2) is 0 Å². The molecule has 0 spiro atoms. The van der Waals surface area contributed by atoms with Gasteiger partial charge >= 0.3 is 0 Å². The number of rotatable bonds is 5. The van der Waals surface area contributed by atoms with Gasteiger partial charge in [0.1, 0.15) is 0 Å². The van der Waals surface area contributed by atoms with Crippen molar-refractivity contribution in [3.05, 3.63) is 30.1 Å². The zero-order valence-electron chi connectivity index (χ0n) is 10.9. The maximum absolute atomic E-state index is 4.45. The Morgan fingerprint density at radius 2 is 2.41 bits per heavy atom. The van der Waals surface area contributed by atoms with Crippen LogP contribution in [0.15, 0.2) is 24.4 Å². The molecule has 1 aliphatic heterocycles. The first-order chi connectivity index (χ1) is 8.31. The fourth-order valence-electron chi connectivity index (χ4n) is 2.54. The van der Waals surface area contributed by atoms with Crippen molar-refractivity contribution < 1.29 is 0 Å². The molecular formula is C14H23N3. The van der Waals surface area contributed by atoms with E-state index in [4.69, 9.17) is 0 Å². The van der Waals surface area contributed by atoms with Crippen LogP contribution in [0.25, 0.3) is 0 Å². The molecule has 3 heteroatoms. The van der Waals surface area contributed by atoms with E-state index in [0.29, 0.717) is 6.04 Å². The van der Waals surface area contributed by atoms with Crippen molar-refractivity contribution >= 4 is 0 Å². The average molecular weight is 233 g/mol. The van der Waals surface area contributed by atoms with Crippen LogP contribution < -0.4 is 5.32 Å². The van der Waals surface area contributed by atoms with Crippen LogP contribution >= 0.6 is 0 Å². The molecule has 0 amide bonds. The summed E-state index contributed by atoms with van der Waals surface area (Å²) >= 11 is 0. The quantitative estimate of drug-likeness (QED) is 0.844. The standard InChI is InChI=1S/C14H23N3/c1-3-15-10-13-7-9-17(11-13)12(2)14-6-4-5-8-16-14/h4-6,8,12-13,15H,3,7,9-11H2,1-2H3. The molecule has 2 rings (SSSR count). The number of pyridine rings is 1. The van der Waals surface area contributed by atoms with Crippen LogP contribution in [0.3, 0.4) is 0 Å². The zero-order valence-corrected chi connectivity index (χ0v) is 10.9. The van der Waals surface area contributed by atoms with E-state index in [1.807, 2.05) is 12.3 Å². The molecule has 2 atom stereocenters. The minimum absolute atomic E-state index is 0.447. The lowest BCUT2D eigenvalue weighted by Gasteiger charge is -2.23. The predicted octanol–water partition coefficient (Wildman–Crippen LogP) is 2.07. The minimum atomic E-state index is 0.447. The predicted molar refractivity (Wildman–Crippen MR) is 70.9 cm³/mol. The van der Waals surface area contributed by atoms with Gasteiger partial charge in [-0.15, -0.1) is 0 Å². The topological polar surface area (TPSA) is 28.2 Å². The molecule has 1 saturated heterocycles. The fraction of sp³-hybridized carbons (Fsp3) is 0.643. The first kappa shape index (κ1) is 12.5. The number of nitrogens with one attached hydrogen (secondary N) is 1. The first-order valence-corrected chi connectivity index (χ1v) is 6.67. The third-order valence-electron chi connectivity index (χ3n) is 3.66. The van der Waals surface area contributed by atoms with Crippen molar-refractivity contribution in [1.29, 1.82) is 0 Å². The van der Waals surface area contributed by atoms with Gasteiger partial charge < -0.3 is 5.32 Å². The lowest BCUT2D eigenvalue weighted by molar-refractivity contribution is 0.247. The monoisotopic (exact) mass is 233 g/mol. The van der Waals surface area contributed by atoms with E-state index >= 15 is 0 Å². The van der Waals surface area contributed by atoms with Gasteiger partial charge in [0.25, 0.3) is 0 Å². The summed E-state index contributed by atoms with van der Waals surface area (Å²) in [6, 6.07) is 6.63. The summed E-state index contributed by atoms with van der Waals surface area (Å²) in [7, 11) is 0. The molecule has 1 fully saturated rings. The van der Waals surface area contributed by atoms with Crippen molar-refractivity contribution in [2.24, 2.45) is 5.92 Å². The summed E-state index contributed by atoms with van der Waals surface area (Å²) in [4.78, 5) is 7.00. The van der Waals surface area contributed by atoms with E-state index in [2.05, 4.69) is 41.2 Å². The fourth-order valence-corrected chi connectivity index (χ4v) is 2.54. The highest BCUT2D eigenvalue weighted by Gasteiger charge is 2.26. The molecule has 1 aromatic heterocycles. The number of aromatic nitrogens is 1. The van der Waals surface area contributed by atoms with Crippen LogP contribution in [0, 0.1) is 5.92 Å². The average Bonchev–Trinajstić information content (AvgIpc) is 2.85. The summed E-state index contributed by atoms with van der Waals surface area (Å²) in [6.07, 6.45) is 3.20. The van der Waals surface area contributed by atoms with Gasteiger partial charge in [-0.2, -0.15) is 0 Å². The van der Waals surface area contributed by atoms with E-state index < -0.39 is 0 Å². The number of hydrogen-bond acceptors (Lipinski definition) is 3. The van der Waals surface area contributed by atoms with Gasteiger partial charge in [-0.3, -0.25) is 9.88 Å². The summed E-state index contributed by atoms with van der Waals surface area (Å²) in [5, 5.41) is 3.45. The molecule has 1 aromatic rings. The van der Waals surface area contributed by atoms with Gasteiger partial charge in [-0.05, 0) is 51.0 Å². The maximum Gasteiger partial charge on any atom is 0.0572 e. The van der Waals surface area contributed by atoms with Gasteiger partial charge in [-0.1, -0.05) is 13.0 Å². The second-order valence-corrected chi connectivity index (χ2v) is 4.89. The molecule has 0 radical (unpaired) electrons. The third kappa shape index (κ3) is 3.27. The smallest absolute Gasteiger partial charge is 0.0572 e. The molecule has 0 aliphatic carbocycles. The second-order valence-electron chi connectivity index (χ2n) is 4.89. The van der Waals surface area contributed by atoms with Crippen molar-refractivity contribution in [3.63, 3.8) is 0 Å². The van der Waals surface area contributed by atoms with Gasteiger partial charge in [-0.25, -0.2) is 0 Å². The highest BCUT2D eigenvalue weighted by Crippen LogP contribution is 2.25. The summed E-state index contributed by atoms with van der Waals surface area (Å²) in [5.74, 6) is 0.807. The van der Waals surface area contributed by atoms with Crippen LogP contribution in [-0.4, -0.2) is 36.1 Å². The Bertz CT molecular complexity index is 325. The van der Waals surface area contributed by atoms with Gasteiger partial charge in [0, 0.05) is 18.8 Å². The van der Waals surface area contributed by atoms with Crippen molar-refractivity contribution in [2.45, 2.75) is 26.3 Å². The molecule has 94 valence electrons. The molecule has 2 heterocycles. The molecule has 1 N–H and O–H groups in total.